The third kappa shape index (κ3) is 1.54. The Labute approximate surface area is 89.9 Å². The first kappa shape index (κ1) is 8.91. The van der Waals surface area contributed by atoms with Crippen molar-refractivity contribution in [2.75, 3.05) is 0 Å². The fraction of sp³-hybridized carbons (Fsp3) is 0.111. The standard InChI is InChI=1S/C9H8BrClN2/c10-9-7(12)4-5-6(11)2-1-3-8(5)13-9/h1-4,8,13H,12H2. The first-order valence-corrected chi connectivity index (χ1v) is 5.03. The molecular formula is C9H8BrClN2. The lowest BCUT2D eigenvalue weighted by atomic mass is 9.99. The first-order valence-electron chi connectivity index (χ1n) is 3.86. The van der Waals surface area contributed by atoms with Crippen molar-refractivity contribution in [1.82, 2.24) is 5.32 Å². The predicted molar refractivity (Wildman–Crippen MR) is 58.2 cm³/mol. The van der Waals surface area contributed by atoms with Crippen LogP contribution in [0.25, 0.3) is 0 Å². The molecule has 1 aliphatic carbocycles. The maximum Gasteiger partial charge on any atom is 0.102 e. The molecule has 0 saturated heterocycles. The molecule has 68 valence electrons. The molecule has 0 amide bonds. The molecule has 2 rings (SSSR count). The topological polar surface area (TPSA) is 38.0 Å². The second-order valence-electron chi connectivity index (χ2n) is 2.89. The van der Waals surface area contributed by atoms with Crippen molar-refractivity contribution in [2.24, 2.45) is 5.73 Å². The van der Waals surface area contributed by atoms with Crippen molar-refractivity contribution < 1.29 is 0 Å². The van der Waals surface area contributed by atoms with Gasteiger partial charge in [-0.1, -0.05) is 23.8 Å². The van der Waals surface area contributed by atoms with E-state index in [9.17, 15) is 0 Å². The highest BCUT2D eigenvalue weighted by molar-refractivity contribution is 9.11. The van der Waals surface area contributed by atoms with Crippen LogP contribution < -0.4 is 11.1 Å². The summed E-state index contributed by atoms with van der Waals surface area (Å²) < 4.78 is 0.817. The fourth-order valence-electron chi connectivity index (χ4n) is 1.33. The van der Waals surface area contributed by atoms with Crippen LogP contribution in [0.1, 0.15) is 0 Å². The number of fused-ring (bicyclic) bond motifs is 1. The summed E-state index contributed by atoms with van der Waals surface area (Å²) in [6.07, 6.45) is 7.70. The van der Waals surface area contributed by atoms with Crippen molar-refractivity contribution in [3.8, 4) is 0 Å². The molecule has 13 heavy (non-hydrogen) atoms. The monoisotopic (exact) mass is 258 g/mol. The van der Waals surface area contributed by atoms with Gasteiger partial charge in [0.05, 0.1) is 11.7 Å². The molecule has 0 bridgehead atoms. The quantitative estimate of drug-likeness (QED) is 0.654. The van der Waals surface area contributed by atoms with Gasteiger partial charge in [-0.15, -0.1) is 0 Å². The Morgan fingerprint density at radius 3 is 3.08 bits per heavy atom. The number of hydrogen-bond acceptors (Lipinski definition) is 2. The normalized spacial score (nSPS) is 26.2. The molecule has 0 fully saturated rings. The van der Waals surface area contributed by atoms with Gasteiger partial charge in [0.15, 0.2) is 0 Å². The van der Waals surface area contributed by atoms with E-state index in [1.807, 2.05) is 24.3 Å². The van der Waals surface area contributed by atoms with Crippen LogP contribution in [0, 0.1) is 0 Å². The summed E-state index contributed by atoms with van der Waals surface area (Å²) in [6, 6.07) is 0.138. The molecule has 0 saturated carbocycles. The number of rotatable bonds is 0. The summed E-state index contributed by atoms with van der Waals surface area (Å²) >= 11 is 9.35. The molecule has 0 aromatic carbocycles. The number of dihydropyridines is 1. The van der Waals surface area contributed by atoms with E-state index in [0.29, 0.717) is 5.70 Å². The van der Waals surface area contributed by atoms with Crippen LogP contribution in [0.2, 0.25) is 0 Å². The molecule has 0 aromatic heterocycles. The number of allylic oxidation sites excluding steroid dienone is 3. The molecule has 0 radical (unpaired) electrons. The van der Waals surface area contributed by atoms with Crippen LogP contribution in [0.3, 0.4) is 0 Å². The molecule has 1 aliphatic heterocycles. The van der Waals surface area contributed by atoms with Gasteiger partial charge in [-0.05, 0) is 33.7 Å². The smallest absolute Gasteiger partial charge is 0.102 e. The van der Waals surface area contributed by atoms with Crippen molar-refractivity contribution in [3.05, 3.63) is 45.2 Å². The highest BCUT2D eigenvalue weighted by Crippen LogP contribution is 2.29. The van der Waals surface area contributed by atoms with E-state index in [0.717, 1.165) is 15.2 Å². The number of halogens is 2. The van der Waals surface area contributed by atoms with Gasteiger partial charge in [-0.25, -0.2) is 0 Å². The van der Waals surface area contributed by atoms with E-state index >= 15 is 0 Å². The third-order valence-corrected chi connectivity index (χ3v) is 3.03. The van der Waals surface area contributed by atoms with E-state index < -0.39 is 0 Å². The van der Waals surface area contributed by atoms with Crippen molar-refractivity contribution >= 4 is 27.5 Å². The van der Waals surface area contributed by atoms with E-state index in [-0.39, 0.29) is 6.04 Å². The lowest BCUT2D eigenvalue weighted by molar-refractivity contribution is 0.771. The van der Waals surface area contributed by atoms with Crippen LogP contribution in [0.15, 0.2) is 45.2 Å². The minimum atomic E-state index is 0.138. The zero-order valence-corrected chi connectivity index (χ0v) is 9.06. The molecule has 0 aromatic rings. The maximum atomic E-state index is 6.01. The minimum Gasteiger partial charge on any atom is -0.397 e. The van der Waals surface area contributed by atoms with Gasteiger partial charge >= 0.3 is 0 Å². The summed E-state index contributed by atoms with van der Waals surface area (Å²) in [7, 11) is 0. The highest BCUT2D eigenvalue weighted by atomic mass is 79.9. The Morgan fingerprint density at radius 2 is 2.31 bits per heavy atom. The second kappa shape index (κ2) is 3.24. The average molecular weight is 260 g/mol. The van der Waals surface area contributed by atoms with Crippen LogP contribution in [-0.2, 0) is 0 Å². The third-order valence-electron chi connectivity index (χ3n) is 2.00. The van der Waals surface area contributed by atoms with E-state index in [4.69, 9.17) is 17.3 Å². The Bertz CT molecular complexity index is 366. The zero-order chi connectivity index (χ0) is 9.42. The lowest BCUT2D eigenvalue weighted by Crippen LogP contribution is -2.33. The molecule has 0 spiro atoms. The summed E-state index contributed by atoms with van der Waals surface area (Å²) in [4.78, 5) is 0. The fourth-order valence-corrected chi connectivity index (χ4v) is 1.94. The Hall–Kier alpha value is -0.670. The molecule has 3 N–H and O–H groups in total. The van der Waals surface area contributed by atoms with Crippen LogP contribution in [-0.4, -0.2) is 6.04 Å². The van der Waals surface area contributed by atoms with Crippen LogP contribution >= 0.6 is 27.5 Å². The molecular weight excluding hydrogens is 251 g/mol. The number of nitrogens with one attached hydrogen (secondary N) is 1. The number of hydrogen-bond donors (Lipinski definition) is 2. The molecule has 1 atom stereocenters. The molecule has 4 heteroatoms. The SMILES string of the molecule is NC1=C(Br)NC2C=CC=C(Cl)C2=C1. The second-order valence-corrected chi connectivity index (χ2v) is 4.09. The molecule has 1 heterocycles. The Morgan fingerprint density at radius 1 is 1.54 bits per heavy atom. The van der Waals surface area contributed by atoms with Crippen LogP contribution in [0.4, 0.5) is 0 Å². The first-order chi connectivity index (χ1) is 6.18. The molecule has 2 aliphatic rings. The summed E-state index contributed by atoms with van der Waals surface area (Å²) in [5, 5.41) is 3.93. The van der Waals surface area contributed by atoms with Gasteiger partial charge in [0.25, 0.3) is 0 Å². The van der Waals surface area contributed by atoms with Crippen molar-refractivity contribution in [2.45, 2.75) is 6.04 Å². The highest BCUT2D eigenvalue weighted by Gasteiger charge is 2.21. The molecule has 1 unspecified atom stereocenters. The van der Waals surface area contributed by atoms with Crippen molar-refractivity contribution in [3.63, 3.8) is 0 Å². The zero-order valence-electron chi connectivity index (χ0n) is 6.72. The van der Waals surface area contributed by atoms with Gasteiger partial charge in [-0.2, -0.15) is 0 Å². The summed E-state index contributed by atoms with van der Waals surface area (Å²) in [6.45, 7) is 0. The predicted octanol–water partition coefficient (Wildman–Crippen LogP) is 2.10. The van der Waals surface area contributed by atoms with Gasteiger partial charge in [-0.3, -0.25) is 0 Å². The molecule has 2 nitrogen and oxygen atoms in total. The van der Waals surface area contributed by atoms with Crippen molar-refractivity contribution in [1.29, 1.82) is 0 Å². The van der Waals surface area contributed by atoms with E-state index in [1.165, 1.54) is 0 Å². The Kier molecular flexibility index (Phi) is 2.22. The minimum absolute atomic E-state index is 0.138. The van der Waals surface area contributed by atoms with Gasteiger partial charge in [0.2, 0.25) is 0 Å². The van der Waals surface area contributed by atoms with E-state index in [2.05, 4.69) is 21.2 Å². The van der Waals surface area contributed by atoms with Gasteiger partial charge < -0.3 is 11.1 Å². The maximum absolute atomic E-state index is 6.01. The van der Waals surface area contributed by atoms with Crippen LogP contribution in [0.5, 0.6) is 0 Å². The average Bonchev–Trinajstić information content (AvgIpc) is 2.09. The lowest BCUT2D eigenvalue weighted by Gasteiger charge is -2.26. The number of nitrogens with two attached hydrogens (primary N) is 1. The summed E-state index contributed by atoms with van der Waals surface area (Å²) in [5.74, 6) is 0. The summed E-state index contributed by atoms with van der Waals surface area (Å²) in [5.41, 5.74) is 7.42. The van der Waals surface area contributed by atoms with Gasteiger partial charge in [0, 0.05) is 5.03 Å². The Balaban J connectivity index is 2.44. The van der Waals surface area contributed by atoms with Gasteiger partial charge in [0.1, 0.15) is 4.61 Å². The largest absolute Gasteiger partial charge is 0.397 e. The van der Waals surface area contributed by atoms with E-state index in [1.54, 1.807) is 0 Å².